The molecule has 0 radical (unpaired) electrons. The molecule has 0 unspecified atom stereocenters. The van der Waals surface area contributed by atoms with Gasteiger partial charge in [0.15, 0.2) is 0 Å². The van der Waals surface area contributed by atoms with Crippen LogP contribution in [0, 0.1) is 0 Å². The number of aliphatic hydroxyl groups excluding tert-OH is 1. The monoisotopic (exact) mass is 327 g/mol. The maximum Gasteiger partial charge on any atom is 0.319 e. The molecule has 5 nitrogen and oxygen atoms in total. The highest BCUT2D eigenvalue weighted by atomic mass is 16.3. The van der Waals surface area contributed by atoms with Gasteiger partial charge in [-0.3, -0.25) is 0 Å². The van der Waals surface area contributed by atoms with Crippen LogP contribution in [-0.4, -0.2) is 30.8 Å². The molecule has 0 saturated carbocycles. The highest BCUT2D eigenvalue weighted by Gasteiger charge is 2.12. The molecule has 0 spiro atoms. The van der Waals surface area contributed by atoms with E-state index in [1.807, 2.05) is 56.4 Å². The van der Waals surface area contributed by atoms with Crippen molar-refractivity contribution in [1.29, 1.82) is 0 Å². The Morgan fingerprint density at radius 2 is 1.79 bits per heavy atom. The van der Waals surface area contributed by atoms with Gasteiger partial charge < -0.3 is 20.6 Å². The molecule has 0 saturated heterocycles. The van der Waals surface area contributed by atoms with Crippen LogP contribution in [0.15, 0.2) is 54.6 Å². The Balaban J connectivity index is 2.05. The van der Waals surface area contributed by atoms with Gasteiger partial charge in [0.05, 0.1) is 11.4 Å². The molecule has 2 amide bonds. The molecule has 2 rings (SSSR count). The average molecular weight is 327 g/mol. The van der Waals surface area contributed by atoms with E-state index in [0.29, 0.717) is 6.42 Å². The fraction of sp³-hybridized carbons (Fsp3) is 0.316. The summed E-state index contributed by atoms with van der Waals surface area (Å²) in [5, 5.41) is 14.6. The number of aliphatic hydroxyl groups is 1. The first-order chi connectivity index (χ1) is 11.6. The smallest absolute Gasteiger partial charge is 0.319 e. The van der Waals surface area contributed by atoms with Gasteiger partial charge in [0, 0.05) is 26.2 Å². The third kappa shape index (κ3) is 5.28. The zero-order valence-electron chi connectivity index (χ0n) is 14.2. The molecule has 3 N–H and O–H groups in total. The highest BCUT2D eigenvalue weighted by molar-refractivity contribution is 5.93. The number of amides is 2. The van der Waals surface area contributed by atoms with Gasteiger partial charge in [-0.25, -0.2) is 4.79 Å². The predicted molar refractivity (Wildman–Crippen MR) is 98.3 cm³/mol. The van der Waals surface area contributed by atoms with E-state index in [0.717, 1.165) is 17.9 Å². The van der Waals surface area contributed by atoms with Crippen LogP contribution in [0.5, 0.6) is 0 Å². The number of hydrogen-bond donors (Lipinski definition) is 3. The number of nitrogens with one attached hydrogen (secondary N) is 2. The summed E-state index contributed by atoms with van der Waals surface area (Å²) in [6.45, 7) is 2.67. The van der Waals surface area contributed by atoms with Crippen molar-refractivity contribution in [3.05, 3.63) is 60.2 Å². The largest absolute Gasteiger partial charge is 0.396 e. The lowest BCUT2D eigenvalue weighted by molar-refractivity contribution is 0.241. The number of nitrogens with zero attached hydrogens (tertiary/aromatic N) is 1. The summed E-state index contributed by atoms with van der Waals surface area (Å²) in [5.41, 5.74) is 2.91. The first kappa shape index (κ1) is 17.8. The minimum absolute atomic E-state index is 0.0534. The number of hydrogen-bond acceptors (Lipinski definition) is 3. The molecule has 2 aromatic carbocycles. The van der Waals surface area contributed by atoms with E-state index in [1.165, 1.54) is 5.56 Å². The number of carbonyl (C=O) groups excluding carboxylic acids is 1. The van der Waals surface area contributed by atoms with Gasteiger partial charge in [-0.2, -0.15) is 0 Å². The number of urea groups is 1. The second-order valence-electron chi connectivity index (χ2n) is 5.87. The number of para-hydroxylation sites is 2. The Hall–Kier alpha value is -2.53. The standard InChI is InChI=1S/C19H25N3O2/c1-15(12-13-23)20-19(24)21-17-10-6-7-11-18(17)22(2)14-16-8-4-3-5-9-16/h3-11,15,23H,12-14H2,1-2H3,(H2,20,21,24)/t15-/m1/s1. The molecule has 2 aromatic rings. The van der Waals surface area contributed by atoms with Gasteiger partial charge in [-0.05, 0) is 31.0 Å². The van der Waals surface area contributed by atoms with E-state index >= 15 is 0 Å². The van der Waals surface area contributed by atoms with E-state index in [4.69, 9.17) is 5.11 Å². The van der Waals surface area contributed by atoms with E-state index in [2.05, 4.69) is 27.7 Å². The van der Waals surface area contributed by atoms with Gasteiger partial charge in [0.2, 0.25) is 0 Å². The lowest BCUT2D eigenvalue weighted by atomic mass is 10.2. The number of benzene rings is 2. The quantitative estimate of drug-likeness (QED) is 0.731. The van der Waals surface area contributed by atoms with Crippen molar-refractivity contribution < 1.29 is 9.90 Å². The first-order valence-electron chi connectivity index (χ1n) is 8.12. The Kier molecular flexibility index (Phi) is 6.63. The number of anilines is 2. The molecular formula is C19H25N3O2. The second kappa shape index (κ2) is 8.93. The van der Waals surface area contributed by atoms with E-state index < -0.39 is 0 Å². The predicted octanol–water partition coefficient (Wildman–Crippen LogP) is 3.22. The second-order valence-corrected chi connectivity index (χ2v) is 5.87. The lowest BCUT2D eigenvalue weighted by Crippen LogP contribution is -2.36. The van der Waals surface area contributed by atoms with Crippen molar-refractivity contribution in [2.75, 3.05) is 23.9 Å². The summed E-state index contributed by atoms with van der Waals surface area (Å²) < 4.78 is 0. The average Bonchev–Trinajstić information content (AvgIpc) is 2.56. The minimum atomic E-state index is -0.267. The number of rotatable bonds is 7. The Morgan fingerprint density at radius 1 is 1.12 bits per heavy atom. The molecule has 0 aromatic heterocycles. The van der Waals surface area contributed by atoms with Crippen molar-refractivity contribution in [1.82, 2.24) is 5.32 Å². The summed E-state index contributed by atoms with van der Waals surface area (Å²) in [7, 11) is 2.00. The third-order valence-electron chi connectivity index (χ3n) is 3.77. The van der Waals surface area contributed by atoms with Gasteiger partial charge >= 0.3 is 6.03 Å². The minimum Gasteiger partial charge on any atom is -0.396 e. The normalized spacial score (nSPS) is 11.6. The Morgan fingerprint density at radius 3 is 2.50 bits per heavy atom. The molecule has 0 fully saturated rings. The van der Waals surface area contributed by atoms with Crippen LogP contribution in [0.25, 0.3) is 0 Å². The van der Waals surface area contributed by atoms with Crippen LogP contribution >= 0.6 is 0 Å². The molecule has 128 valence electrons. The van der Waals surface area contributed by atoms with Crippen LogP contribution < -0.4 is 15.5 Å². The fourth-order valence-corrected chi connectivity index (χ4v) is 2.50. The van der Waals surface area contributed by atoms with Crippen molar-refractivity contribution in [3.8, 4) is 0 Å². The molecule has 0 aliphatic heterocycles. The highest BCUT2D eigenvalue weighted by Crippen LogP contribution is 2.25. The van der Waals surface area contributed by atoms with Crippen LogP contribution in [0.1, 0.15) is 18.9 Å². The summed E-state index contributed by atoms with van der Waals surface area (Å²) in [6, 6.07) is 17.6. The fourth-order valence-electron chi connectivity index (χ4n) is 2.50. The molecule has 1 atom stereocenters. The third-order valence-corrected chi connectivity index (χ3v) is 3.77. The maximum atomic E-state index is 12.1. The zero-order valence-corrected chi connectivity index (χ0v) is 14.2. The van der Waals surface area contributed by atoms with Gasteiger partial charge in [-0.1, -0.05) is 42.5 Å². The molecular weight excluding hydrogens is 302 g/mol. The van der Waals surface area contributed by atoms with Crippen molar-refractivity contribution >= 4 is 17.4 Å². The first-order valence-corrected chi connectivity index (χ1v) is 8.12. The van der Waals surface area contributed by atoms with Crippen LogP contribution in [0.4, 0.5) is 16.2 Å². The van der Waals surface area contributed by atoms with Gasteiger partial charge in [-0.15, -0.1) is 0 Å². The topological polar surface area (TPSA) is 64.6 Å². The van der Waals surface area contributed by atoms with Crippen LogP contribution in [-0.2, 0) is 6.54 Å². The zero-order chi connectivity index (χ0) is 17.4. The van der Waals surface area contributed by atoms with Gasteiger partial charge in [0.25, 0.3) is 0 Å². The molecule has 0 aliphatic carbocycles. The Labute approximate surface area is 143 Å². The molecule has 0 bridgehead atoms. The maximum absolute atomic E-state index is 12.1. The van der Waals surface area contributed by atoms with Crippen LogP contribution in [0.2, 0.25) is 0 Å². The van der Waals surface area contributed by atoms with Crippen LogP contribution in [0.3, 0.4) is 0 Å². The summed E-state index contributed by atoms with van der Waals surface area (Å²) in [5.74, 6) is 0. The van der Waals surface area contributed by atoms with Gasteiger partial charge in [0.1, 0.15) is 0 Å². The summed E-state index contributed by atoms with van der Waals surface area (Å²) in [6.07, 6.45) is 0.531. The summed E-state index contributed by atoms with van der Waals surface area (Å²) in [4.78, 5) is 14.2. The van der Waals surface area contributed by atoms with Crippen molar-refractivity contribution in [2.24, 2.45) is 0 Å². The summed E-state index contributed by atoms with van der Waals surface area (Å²) >= 11 is 0. The van der Waals surface area contributed by atoms with Crippen molar-refractivity contribution in [2.45, 2.75) is 25.9 Å². The molecule has 24 heavy (non-hydrogen) atoms. The van der Waals surface area contributed by atoms with Crippen molar-refractivity contribution in [3.63, 3.8) is 0 Å². The van der Waals surface area contributed by atoms with E-state index in [9.17, 15) is 4.79 Å². The van der Waals surface area contributed by atoms with E-state index in [-0.39, 0.29) is 18.7 Å². The SMILES string of the molecule is C[C@H](CCO)NC(=O)Nc1ccccc1N(C)Cc1ccccc1. The molecule has 0 aliphatic rings. The van der Waals surface area contributed by atoms with E-state index in [1.54, 1.807) is 0 Å². The lowest BCUT2D eigenvalue weighted by Gasteiger charge is -2.23. The molecule has 0 heterocycles. The molecule has 5 heteroatoms. The Bertz CT molecular complexity index is 646. The number of carbonyl (C=O) groups is 1.